The number of hydrogen-bond acceptors (Lipinski definition) is 4. The molecule has 1 spiro atoms. The van der Waals surface area contributed by atoms with Crippen LogP contribution in [0.2, 0.25) is 0 Å². The van der Waals surface area contributed by atoms with E-state index in [1.165, 1.54) is 51.4 Å². The van der Waals surface area contributed by atoms with Crippen molar-refractivity contribution in [1.82, 2.24) is 0 Å². The highest BCUT2D eigenvalue weighted by Crippen LogP contribution is 2.72. The minimum Gasteiger partial charge on any atom is -0.496 e. The van der Waals surface area contributed by atoms with Crippen molar-refractivity contribution in [2.45, 2.75) is 62.8 Å². The van der Waals surface area contributed by atoms with E-state index in [1.807, 2.05) is 0 Å². The highest BCUT2D eigenvalue weighted by molar-refractivity contribution is 5.59. The number of rotatable bonds is 5. The van der Waals surface area contributed by atoms with Crippen LogP contribution in [0.3, 0.4) is 0 Å². The summed E-state index contributed by atoms with van der Waals surface area (Å²) in [5, 5.41) is 0. The van der Waals surface area contributed by atoms with Gasteiger partial charge in [-0.1, -0.05) is 37.1 Å². The van der Waals surface area contributed by atoms with Crippen molar-refractivity contribution in [1.29, 1.82) is 0 Å². The summed E-state index contributed by atoms with van der Waals surface area (Å²) in [4.78, 5) is 11.9. The third kappa shape index (κ3) is 2.37. The maximum absolute atomic E-state index is 6.16. The molecule has 0 amide bonds. The van der Waals surface area contributed by atoms with Gasteiger partial charge < -0.3 is 9.47 Å². The van der Waals surface area contributed by atoms with E-state index in [0.717, 1.165) is 28.7 Å². The first-order valence-electron chi connectivity index (χ1n) is 11.5. The molecular weight excluding hydrogens is 364 g/mol. The predicted octanol–water partition coefficient (Wildman–Crippen LogP) is 5.46. The van der Waals surface area contributed by atoms with Gasteiger partial charge in [-0.15, -0.1) is 0 Å². The number of ether oxygens (including phenoxy) is 2. The molecule has 6 atom stereocenters. The molecule has 1 saturated heterocycles. The zero-order valence-electron chi connectivity index (χ0n) is 17.6. The fourth-order valence-corrected chi connectivity index (χ4v) is 7.62. The molecule has 5 saturated carbocycles. The van der Waals surface area contributed by atoms with E-state index in [9.17, 15) is 0 Å². The summed E-state index contributed by atoms with van der Waals surface area (Å²) in [5.41, 5.74) is 1.82. The normalized spacial score (nSPS) is 43.0. The molecule has 4 heteroatoms. The maximum Gasteiger partial charge on any atom is 0.260 e. The molecule has 1 aliphatic heterocycles. The van der Waals surface area contributed by atoms with E-state index < -0.39 is 5.79 Å². The molecule has 0 aromatic heterocycles. The summed E-state index contributed by atoms with van der Waals surface area (Å²) in [7, 11) is 3.52. The number of methoxy groups -OCH3 is 2. The number of benzene rings is 1. The van der Waals surface area contributed by atoms with E-state index in [0.29, 0.717) is 17.8 Å². The molecule has 1 aromatic carbocycles. The summed E-state index contributed by atoms with van der Waals surface area (Å²) in [6.45, 7) is 0. The lowest BCUT2D eigenvalue weighted by molar-refractivity contribution is -0.635. The van der Waals surface area contributed by atoms with Crippen LogP contribution in [0.1, 0.15) is 62.5 Å². The first-order valence-corrected chi connectivity index (χ1v) is 11.5. The van der Waals surface area contributed by atoms with Crippen LogP contribution in [-0.2, 0) is 20.3 Å². The zero-order chi connectivity index (χ0) is 19.6. The van der Waals surface area contributed by atoms with Crippen LogP contribution < -0.4 is 4.74 Å². The lowest BCUT2D eigenvalue weighted by atomic mass is 9.65. The van der Waals surface area contributed by atoms with E-state index in [-0.39, 0.29) is 5.60 Å². The molecule has 6 fully saturated rings. The Hall–Kier alpha value is -1.36. The van der Waals surface area contributed by atoms with Gasteiger partial charge in [0.1, 0.15) is 5.75 Å². The van der Waals surface area contributed by atoms with Crippen molar-refractivity contribution >= 4 is 6.08 Å². The summed E-state index contributed by atoms with van der Waals surface area (Å²) < 4.78 is 11.9. The van der Waals surface area contributed by atoms with Crippen molar-refractivity contribution in [3.8, 4) is 5.75 Å². The summed E-state index contributed by atoms with van der Waals surface area (Å²) in [5.74, 6) is 3.51. The Kier molecular flexibility index (Phi) is 4.17. The molecule has 7 rings (SSSR count). The molecule has 4 bridgehead atoms. The monoisotopic (exact) mass is 396 g/mol. The van der Waals surface area contributed by atoms with Crippen LogP contribution in [-0.4, -0.2) is 19.8 Å². The molecule has 1 aromatic rings. The Morgan fingerprint density at radius 3 is 2.59 bits per heavy atom. The molecule has 5 aliphatic carbocycles. The van der Waals surface area contributed by atoms with Crippen molar-refractivity contribution in [2.24, 2.45) is 29.6 Å². The van der Waals surface area contributed by atoms with Gasteiger partial charge in [-0.05, 0) is 68.3 Å². The second-order valence-electron chi connectivity index (χ2n) is 10.0. The Labute approximate surface area is 173 Å². The predicted molar refractivity (Wildman–Crippen MR) is 110 cm³/mol. The van der Waals surface area contributed by atoms with Crippen LogP contribution >= 0.6 is 0 Å². The van der Waals surface area contributed by atoms with Crippen LogP contribution in [0.25, 0.3) is 6.08 Å². The van der Waals surface area contributed by atoms with E-state index in [4.69, 9.17) is 19.2 Å². The SMILES string of the molecule is COc1cc(C2(OC)OOC23C2CC4CC(C2)C3C4)ccc1/C=C/C1CCCC1. The van der Waals surface area contributed by atoms with E-state index in [2.05, 4.69) is 30.4 Å². The molecular formula is C25H32O4. The molecule has 6 aliphatic rings. The molecule has 0 N–H and O–H groups in total. The standard InChI is InChI=1S/C25H32O4/c1-26-23-15-20(10-9-18(23)8-7-16-5-3-4-6-16)25(27-2)24(28-29-25)21-12-17-11-19(14-21)22(24)13-17/h7-10,15-17,19,21-22H,3-6,11-14H2,1-2H3/b8-7+. The fourth-order valence-electron chi connectivity index (χ4n) is 7.62. The highest BCUT2D eigenvalue weighted by Gasteiger charge is 2.79. The number of hydrogen-bond donors (Lipinski definition) is 0. The van der Waals surface area contributed by atoms with Crippen molar-refractivity contribution < 1.29 is 19.2 Å². The number of allylic oxidation sites excluding steroid dienone is 1. The molecule has 6 unspecified atom stereocenters. The fraction of sp³-hybridized carbons (Fsp3) is 0.680. The van der Waals surface area contributed by atoms with Gasteiger partial charge in [0.15, 0.2) is 5.60 Å². The first kappa shape index (κ1) is 18.4. The average molecular weight is 397 g/mol. The van der Waals surface area contributed by atoms with Crippen LogP contribution in [0.4, 0.5) is 0 Å². The van der Waals surface area contributed by atoms with Gasteiger partial charge in [0.2, 0.25) is 0 Å². The van der Waals surface area contributed by atoms with Crippen molar-refractivity contribution in [3.05, 3.63) is 35.4 Å². The molecule has 1 heterocycles. The van der Waals surface area contributed by atoms with Crippen LogP contribution in [0.15, 0.2) is 24.3 Å². The summed E-state index contributed by atoms with van der Waals surface area (Å²) in [6.07, 6.45) is 15.0. The minimum absolute atomic E-state index is 0.328. The van der Waals surface area contributed by atoms with E-state index in [1.54, 1.807) is 14.2 Å². The molecule has 156 valence electrons. The summed E-state index contributed by atoms with van der Waals surface area (Å²) in [6, 6.07) is 6.42. The van der Waals surface area contributed by atoms with Crippen LogP contribution in [0, 0.1) is 29.6 Å². The van der Waals surface area contributed by atoms with Gasteiger partial charge in [0, 0.05) is 24.2 Å². The van der Waals surface area contributed by atoms with Gasteiger partial charge >= 0.3 is 0 Å². The van der Waals surface area contributed by atoms with Gasteiger partial charge in [-0.3, -0.25) is 0 Å². The topological polar surface area (TPSA) is 36.9 Å². The largest absolute Gasteiger partial charge is 0.496 e. The molecule has 29 heavy (non-hydrogen) atoms. The molecule has 0 radical (unpaired) electrons. The lowest BCUT2D eigenvalue weighted by Crippen LogP contribution is -2.71. The highest BCUT2D eigenvalue weighted by atomic mass is 17.3. The van der Waals surface area contributed by atoms with E-state index >= 15 is 0 Å². The first-order chi connectivity index (χ1) is 14.2. The third-order valence-corrected chi connectivity index (χ3v) is 8.81. The van der Waals surface area contributed by atoms with Crippen molar-refractivity contribution in [2.75, 3.05) is 14.2 Å². The third-order valence-electron chi connectivity index (χ3n) is 8.81. The van der Waals surface area contributed by atoms with Gasteiger partial charge in [0.05, 0.1) is 7.11 Å². The Bertz CT molecular complexity index is 820. The smallest absolute Gasteiger partial charge is 0.260 e. The zero-order valence-corrected chi connectivity index (χ0v) is 17.6. The Balaban J connectivity index is 1.35. The Morgan fingerprint density at radius 2 is 1.90 bits per heavy atom. The average Bonchev–Trinajstić information content (AvgIpc) is 3.40. The summed E-state index contributed by atoms with van der Waals surface area (Å²) >= 11 is 0. The van der Waals surface area contributed by atoms with Gasteiger partial charge in [-0.2, -0.15) is 4.89 Å². The Morgan fingerprint density at radius 1 is 1.03 bits per heavy atom. The second-order valence-corrected chi connectivity index (χ2v) is 10.0. The van der Waals surface area contributed by atoms with Gasteiger partial charge in [0.25, 0.3) is 5.79 Å². The van der Waals surface area contributed by atoms with Gasteiger partial charge in [-0.25, -0.2) is 4.89 Å². The minimum atomic E-state index is -0.812. The lowest BCUT2D eigenvalue weighted by Gasteiger charge is -2.60. The van der Waals surface area contributed by atoms with Crippen LogP contribution in [0.5, 0.6) is 5.75 Å². The maximum atomic E-state index is 6.16. The van der Waals surface area contributed by atoms with Crippen molar-refractivity contribution in [3.63, 3.8) is 0 Å². The quantitative estimate of drug-likeness (QED) is 0.619. The second kappa shape index (κ2) is 6.57. The molecule has 4 nitrogen and oxygen atoms in total.